The first-order chi connectivity index (χ1) is 10.4. The number of nitrogens with one attached hydrogen (secondary N) is 1. The van der Waals surface area contributed by atoms with Crippen molar-refractivity contribution >= 4 is 10.0 Å². The van der Waals surface area contributed by atoms with E-state index in [0.717, 1.165) is 18.7 Å². The lowest BCUT2D eigenvalue weighted by Gasteiger charge is -2.29. The van der Waals surface area contributed by atoms with Crippen LogP contribution in [0.4, 0.5) is 0 Å². The van der Waals surface area contributed by atoms with Gasteiger partial charge in [-0.15, -0.1) is 0 Å². The fourth-order valence-electron chi connectivity index (χ4n) is 2.56. The molecule has 0 aromatic heterocycles. The molecule has 1 N–H and O–H groups in total. The van der Waals surface area contributed by atoms with E-state index >= 15 is 0 Å². The maximum Gasteiger partial charge on any atom is 0.240 e. The van der Waals surface area contributed by atoms with Gasteiger partial charge in [-0.2, -0.15) is 0 Å². The molecule has 1 aliphatic rings. The highest BCUT2D eigenvalue weighted by atomic mass is 32.2. The summed E-state index contributed by atoms with van der Waals surface area (Å²) in [6.45, 7) is 7.48. The van der Waals surface area contributed by atoms with Crippen molar-refractivity contribution < 1.29 is 17.9 Å². The van der Waals surface area contributed by atoms with Crippen LogP contribution in [0, 0.1) is 6.92 Å². The summed E-state index contributed by atoms with van der Waals surface area (Å²) in [6.07, 6.45) is 0. The molecule has 0 radical (unpaired) electrons. The van der Waals surface area contributed by atoms with E-state index in [-0.39, 0.29) is 10.9 Å². The first-order valence-electron chi connectivity index (χ1n) is 7.39. The number of rotatable bonds is 6. The Labute approximate surface area is 132 Å². The maximum absolute atomic E-state index is 12.4. The zero-order valence-corrected chi connectivity index (χ0v) is 14.1. The number of hydrogen-bond donors (Lipinski definition) is 1. The Kier molecular flexibility index (Phi) is 5.80. The molecule has 2 rings (SSSR count). The van der Waals surface area contributed by atoms with Crippen molar-refractivity contribution in [2.45, 2.75) is 24.8 Å². The van der Waals surface area contributed by atoms with Gasteiger partial charge in [0.15, 0.2) is 0 Å². The van der Waals surface area contributed by atoms with E-state index in [2.05, 4.69) is 9.62 Å². The van der Waals surface area contributed by atoms with Gasteiger partial charge in [0.2, 0.25) is 10.0 Å². The van der Waals surface area contributed by atoms with Crippen LogP contribution in [0.3, 0.4) is 0 Å². The van der Waals surface area contributed by atoms with E-state index in [4.69, 9.17) is 9.47 Å². The Morgan fingerprint density at radius 2 is 2.05 bits per heavy atom. The number of sulfonamides is 1. The van der Waals surface area contributed by atoms with Crippen LogP contribution in [0.25, 0.3) is 0 Å². The molecule has 0 aliphatic carbocycles. The predicted octanol–water partition coefficient (Wildman–Crippen LogP) is 1.00. The molecular weight excluding hydrogens is 304 g/mol. The summed E-state index contributed by atoms with van der Waals surface area (Å²) in [6, 6.07) is 4.71. The van der Waals surface area contributed by atoms with Gasteiger partial charge in [0.25, 0.3) is 0 Å². The minimum Gasteiger partial charge on any atom is -0.496 e. The van der Waals surface area contributed by atoms with Gasteiger partial charge in [-0.3, -0.25) is 4.90 Å². The van der Waals surface area contributed by atoms with Gasteiger partial charge in [-0.25, -0.2) is 13.1 Å². The summed E-state index contributed by atoms with van der Waals surface area (Å²) in [5.41, 5.74) is 0.797. The lowest BCUT2D eigenvalue weighted by molar-refractivity contribution is 0.0354. The molecule has 0 bridgehead atoms. The Hall–Kier alpha value is -1.15. The molecule has 7 heteroatoms. The molecular formula is C15H24N2O4S. The van der Waals surface area contributed by atoms with Gasteiger partial charge in [-0.05, 0) is 37.6 Å². The summed E-state index contributed by atoms with van der Waals surface area (Å²) >= 11 is 0. The Bertz CT molecular complexity index is 598. The molecule has 1 atom stereocenters. The average molecular weight is 328 g/mol. The van der Waals surface area contributed by atoms with E-state index in [1.54, 1.807) is 25.3 Å². The van der Waals surface area contributed by atoms with Crippen LogP contribution in [0.5, 0.6) is 5.75 Å². The second-order valence-corrected chi connectivity index (χ2v) is 7.28. The van der Waals surface area contributed by atoms with Crippen LogP contribution in [0.1, 0.15) is 12.5 Å². The number of hydrogen-bond acceptors (Lipinski definition) is 5. The number of nitrogens with zero attached hydrogens (tertiary/aromatic N) is 1. The number of methoxy groups -OCH3 is 1. The summed E-state index contributed by atoms with van der Waals surface area (Å²) in [5.74, 6) is 0.681. The van der Waals surface area contributed by atoms with Crippen molar-refractivity contribution in [3.05, 3.63) is 23.8 Å². The van der Waals surface area contributed by atoms with Crippen molar-refractivity contribution in [3.63, 3.8) is 0 Å². The molecule has 1 fully saturated rings. The van der Waals surface area contributed by atoms with Crippen LogP contribution in [0.2, 0.25) is 0 Å². The van der Waals surface area contributed by atoms with E-state index in [1.165, 1.54) is 0 Å². The van der Waals surface area contributed by atoms with Gasteiger partial charge in [0.1, 0.15) is 5.75 Å². The fraction of sp³-hybridized carbons (Fsp3) is 0.600. The summed E-state index contributed by atoms with van der Waals surface area (Å²) in [5, 5.41) is 0. The number of aryl methyl sites for hydroxylation is 1. The molecule has 0 spiro atoms. The molecule has 0 unspecified atom stereocenters. The van der Waals surface area contributed by atoms with Gasteiger partial charge in [-0.1, -0.05) is 0 Å². The van der Waals surface area contributed by atoms with E-state index in [1.807, 2.05) is 13.8 Å². The van der Waals surface area contributed by atoms with Crippen LogP contribution in [-0.2, 0) is 14.8 Å². The fourth-order valence-corrected chi connectivity index (χ4v) is 3.88. The van der Waals surface area contributed by atoms with Gasteiger partial charge in [0.05, 0.1) is 25.2 Å². The van der Waals surface area contributed by atoms with Gasteiger partial charge >= 0.3 is 0 Å². The SMILES string of the molecule is COc1ccc(S(=O)(=O)N[C@H](C)CN2CCOCC2)cc1C. The molecule has 1 aliphatic heterocycles. The zero-order valence-electron chi connectivity index (χ0n) is 13.3. The quantitative estimate of drug-likeness (QED) is 0.844. The molecule has 1 saturated heterocycles. The normalized spacial score (nSPS) is 18.1. The molecule has 1 aromatic rings. The van der Waals surface area contributed by atoms with Crippen LogP contribution in [-0.4, -0.2) is 59.3 Å². The third-order valence-corrected chi connectivity index (χ3v) is 5.26. The Morgan fingerprint density at radius 3 is 2.64 bits per heavy atom. The minimum absolute atomic E-state index is 0.162. The highest BCUT2D eigenvalue weighted by molar-refractivity contribution is 7.89. The second kappa shape index (κ2) is 7.41. The molecule has 1 aromatic carbocycles. The van der Waals surface area contributed by atoms with E-state index in [0.29, 0.717) is 25.5 Å². The molecule has 22 heavy (non-hydrogen) atoms. The Balaban J connectivity index is 2.01. The van der Waals surface area contributed by atoms with Gasteiger partial charge < -0.3 is 9.47 Å². The van der Waals surface area contributed by atoms with Crippen molar-refractivity contribution in [2.75, 3.05) is 40.0 Å². The molecule has 0 saturated carbocycles. The predicted molar refractivity (Wildman–Crippen MR) is 84.8 cm³/mol. The van der Waals surface area contributed by atoms with E-state index in [9.17, 15) is 8.42 Å². The van der Waals surface area contributed by atoms with Crippen molar-refractivity contribution in [1.82, 2.24) is 9.62 Å². The summed E-state index contributed by atoms with van der Waals surface area (Å²) < 4.78 is 38.1. The van der Waals surface area contributed by atoms with Crippen molar-refractivity contribution in [3.8, 4) is 5.75 Å². The van der Waals surface area contributed by atoms with Crippen molar-refractivity contribution in [1.29, 1.82) is 0 Å². The van der Waals surface area contributed by atoms with Crippen LogP contribution < -0.4 is 9.46 Å². The van der Waals surface area contributed by atoms with Crippen molar-refractivity contribution in [2.24, 2.45) is 0 Å². The third kappa shape index (κ3) is 4.42. The topological polar surface area (TPSA) is 67.9 Å². The lowest BCUT2D eigenvalue weighted by atomic mass is 10.2. The largest absolute Gasteiger partial charge is 0.496 e. The number of benzene rings is 1. The summed E-state index contributed by atoms with van der Waals surface area (Å²) in [4.78, 5) is 2.47. The molecule has 6 nitrogen and oxygen atoms in total. The maximum atomic E-state index is 12.4. The zero-order chi connectivity index (χ0) is 16.2. The molecule has 0 amide bonds. The van der Waals surface area contributed by atoms with Gasteiger partial charge in [0, 0.05) is 25.7 Å². The monoisotopic (exact) mass is 328 g/mol. The van der Waals surface area contributed by atoms with E-state index < -0.39 is 10.0 Å². The lowest BCUT2D eigenvalue weighted by Crippen LogP contribution is -2.45. The smallest absolute Gasteiger partial charge is 0.240 e. The van der Waals surface area contributed by atoms with Crippen LogP contribution in [0.15, 0.2) is 23.1 Å². The number of ether oxygens (including phenoxy) is 2. The summed E-state index contributed by atoms with van der Waals surface area (Å²) in [7, 11) is -1.95. The first kappa shape index (κ1) is 17.2. The molecule has 124 valence electrons. The third-order valence-electron chi connectivity index (χ3n) is 3.67. The Morgan fingerprint density at radius 1 is 1.36 bits per heavy atom. The second-order valence-electron chi connectivity index (χ2n) is 5.57. The standard InChI is InChI=1S/C15H24N2O4S/c1-12-10-14(4-5-15(12)20-3)22(18,19)16-13(2)11-17-6-8-21-9-7-17/h4-5,10,13,16H,6-9,11H2,1-3H3/t13-/m1/s1. The highest BCUT2D eigenvalue weighted by Crippen LogP contribution is 2.21. The highest BCUT2D eigenvalue weighted by Gasteiger charge is 2.21. The number of morpholine rings is 1. The first-order valence-corrected chi connectivity index (χ1v) is 8.88. The average Bonchev–Trinajstić information content (AvgIpc) is 2.47. The van der Waals surface area contributed by atoms with Crippen LogP contribution >= 0.6 is 0 Å². The molecule has 1 heterocycles. The minimum atomic E-state index is -3.52.